The van der Waals surface area contributed by atoms with Gasteiger partial charge in [-0.3, -0.25) is 14.8 Å². The molecule has 9 heteroatoms. The third-order valence-corrected chi connectivity index (χ3v) is 4.88. The van der Waals surface area contributed by atoms with Crippen LogP contribution in [-0.4, -0.2) is 13.3 Å². The lowest BCUT2D eigenvalue weighted by atomic mass is 10.3. The molecule has 0 aliphatic rings. The van der Waals surface area contributed by atoms with Crippen LogP contribution in [-0.2, 0) is 10.0 Å². The molecule has 6 nitrogen and oxygen atoms in total. The van der Waals surface area contributed by atoms with Gasteiger partial charge in [-0.25, -0.2) is 8.42 Å². The Kier molecular flexibility index (Phi) is 4.42. The van der Waals surface area contributed by atoms with E-state index >= 15 is 0 Å². The lowest BCUT2D eigenvalue weighted by Gasteiger charge is -2.10. The molecule has 0 fully saturated rings. The molecule has 0 unspecified atom stereocenters. The quantitative estimate of drug-likeness (QED) is 0.466. The fourth-order valence-electron chi connectivity index (χ4n) is 1.63. The minimum atomic E-state index is -4.27. The van der Waals surface area contributed by atoms with Crippen molar-refractivity contribution in [3.63, 3.8) is 0 Å². The molecule has 0 aliphatic carbocycles. The number of benzene rings is 2. The van der Waals surface area contributed by atoms with Crippen LogP contribution in [0.5, 0.6) is 0 Å². The van der Waals surface area contributed by atoms with Gasteiger partial charge in [0, 0.05) is 3.57 Å². The number of hydrogen-bond acceptors (Lipinski definition) is 4. The second-order valence-corrected chi connectivity index (χ2v) is 6.74. The smallest absolute Gasteiger partial charge is 0.278 e. The number of halogens is 2. The summed E-state index contributed by atoms with van der Waals surface area (Å²) < 4.78 is 40.8. The van der Waals surface area contributed by atoms with E-state index in [1.54, 1.807) is 18.2 Å². The van der Waals surface area contributed by atoms with Crippen molar-refractivity contribution in [1.82, 2.24) is 0 Å². The van der Waals surface area contributed by atoms with Gasteiger partial charge in [0.15, 0.2) is 4.90 Å². The highest BCUT2D eigenvalue weighted by molar-refractivity contribution is 14.1. The molecule has 0 atom stereocenters. The zero-order chi connectivity index (χ0) is 15.6. The number of rotatable bonds is 4. The summed E-state index contributed by atoms with van der Waals surface area (Å²) in [5.41, 5.74) is -0.812. The molecule has 21 heavy (non-hydrogen) atoms. The van der Waals surface area contributed by atoms with Crippen molar-refractivity contribution < 1.29 is 17.7 Å². The maximum Gasteiger partial charge on any atom is 0.325 e. The van der Waals surface area contributed by atoms with Crippen molar-refractivity contribution in [2.45, 2.75) is 4.90 Å². The summed E-state index contributed by atoms with van der Waals surface area (Å²) >= 11 is 1.91. The van der Waals surface area contributed by atoms with Crippen LogP contribution in [0, 0.1) is 19.5 Å². The van der Waals surface area contributed by atoms with Crippen molar-refractivity contribution in [2.75, 3.05) is 4.72 Å². The minimum Gasteiger partial charge on any atom is -0.278 e. The van der Waals surface area contributed by atoms with Gasteiger partial charge in [-0.1, -0.05) is 18.2 Å². The summed E-state index contributed by atoms with van der Waals surface area (Å²) in [7, 11) is -4.27. The summed E-state index contributed by atoms with van der Waals surface area (Å²) in [6.45, 7) is 0. The van der Waals surface area contributed by atoms with Crippen LogP contribution < -0.4 is 4.72 Å². The zero-order valence-corrected chi connectivity index (χ0v) is 13.3. The van der Waals surface area contributed by atoms with Crippen LogP contribution in [0.4, 0.5) is 15.8 Å². The molecule has 0 saturated heterocycles. The molecule has 110 valence electrons. The number of nitrogens with one attached hydrogen (secondary N) is 1. The van der Waals surface area contributed by atoms with E-state index in [9.17, 15) is 22.9 Å². The van der Waals surface area contributed by atoms with Gasteiger partial charge in [0.25, 0.3) is 10.0 Å². The highest BCUT2D eigenvalue weighted by Crippen LogP contribution is 2.29. The number of sulfonamides is 1. The Hall–Kier alpha value is -1.75. The van der Waals surface area contributed by atoms with Crippen molar-refractivity contribution in [2.24, 2.45) is 0 Å². The molecule has 0 aliphatic heterocycles. The van der Waals surface area contributed by atoms with Gasteiger partial charge < -0.3 is 0 Å². The second-order valence-electron chi connectivity index (χ2n) is 3.93. The Bertz CT molecular complexity index is 811. The Balaban J connectivity index is 2.53. The third-order valence-electron chi connectivity index (χ3n) is 2.54. The second kappa shape index (κ2) is 5.93. The molecule has 1 N–H and O–H groups in total. The number of anilines is 1. The predicted octanol–water partition coefficient (Wildman–Crippen LogP) is 3.14. The molecular formula is C12H8FIN2O4S. The molecule has 0 radical (unpaired) electrons. The van der Waals surface area contributed by atoms with Crippen molar-refractivity contribution in [1.29, 1.82) is 0 Å². The Morgan fingerprint density at radius 3 is 2.43 bits per heavy atom. The maximum absolute atomic E-state index is 13.5. The molecular weight excluding hydrogens is 414 g/mol. The van der Waals surface area contributed by atoms with Crippen LogP contribution in [0.1, 0.15) is 0 Å². The molecule has 0 spiro atoms. The molecule has 2 aromatic carbocycles. The van der Waals surface area contributed by atoms with Gasteiger partial charge in [-0.05, 0) is 46.9 Å². The van der Waals surface area contributed by atoms with Crippen molar-refractivity contribution in [3.8, 4) is 0 Å². The topological polar surface area (TPSA) is 89.3 Å². The minimum absolute atomic E-state index is 0.261. The summed E-state index contributed by atoms with van der Waals surface area (Å²) in [5, 5.41) is 10.9. The lowest BCUT2D eigenvalue weighted by Crippen LogP contribution is -2.16. The van der Waals surface area contributed by atoms with E-state index in [2.05, 4.69) is 4.72 Å². The van der Waals surface area contributed by atoms with E-state index in [0.717, 1.165) is 18.2 Å². The molecule has 2 rings (SSSR count). The summed E-state index contributed by atoms with van der Waals surface area (Å²) in [5.74, 6) is -1.20. The number of hydrogen-bond donors (Lipinski definition) is 1. The Morgan fingerprint density at radius 2 is 1.81 bits per heavy atom. The molecule has 0 aromatic heterocycles. The van der Waals surface area contributed by atoms with Crippen molar-refractivity contribution >= 4 is 44.0 Å². The van der Waals surface area contributed by atoms with E-state index in [1.165, 1.54) is 6.07 Å². The average Bonchev–Trinajstić information content (AvgIpc) is 2.40. The Morgan fingerprint density at radius 1 is 1.14 bits per heavy atom. The molecule has 2 aromatic rings. The van der Waals surface area contributed by atoms with Crippen molar-refractivity contribution in [3.05, 3.63) is 62.0 Å². The van der Waals surface area contributed by atoms with E-state index in [-0.39, 0.29) is 5.69 Å². The fourth-order valence-corrected chi connectivity index (χ4v) is 3.60. The van der Waals surface area contributed by atoms with Gasteiger partial charge in [-0.15, -0.1) is 0 Å². The third kappa shape index (κ3) is 3.29. The summed E-state index contributed by atoms with van der Waals surface area (Å²) in [4.78, 5) is 9.11. The van der Waals surface area contributed by atoms with Gasteiger partial charge >= 0.3 is 5.69 Å². The molecule has 0 bridgehead atoms. The fraction of sp³-hybridized carbons (Fsp3) is 0. The van der Waals surface area contributed by atoms with E-state index in [4.69, 9.17) is 0 Å². The monoisotopic (exact) mass is 422 g/mol. The highest BCUT2D eigenvalue weighted by atomic mass is 127. The largest absolute Gasteiger partial charge is 0.325 e. The van der Waals surface area contributed by atoms with Gasteiger partial charge in [0.05, 0.1) is 10.6 Å². The van der Waals surface area contributed by atoms with Crippen LogP contribution >= 0.6 is 22.6 Å². The molecule has 0 saturated carbocycles. The summed E-state index contributed by atoms with van der Waals surface area (Å²) in [6, 6.07) is 9.42. The van der Waals surface area contributed by atoms with Crippen LogP contribution in [0.2, 0.25) is 0 Å². The number of para-hydroxylation sites is 2. The SMILES string of the molecule is O=[N+]([O-])c1c(F)cccc1S(=O)(=O)Nc1ccccc1I. The highest BCUT2D eigenvalue weighted by Gasteiger charge is 2.29. The zero-order valence-electron chi connectivity index (χ0n) is 10.3. The van der Waals surface area contributed by atoms with Gasteiger partial charge in [-0.2, -0.15) is 4.39 Å². The first-order chi connectivity index (χ1) is 9.83. The number of nitrogens with zero attached hydrogens (tertiary/aromatic N) is 1. The van der Waals surface area contributed by atoms with Gasteiger partial charge in [0.2, 0.25) is 5.82 Å². The standard InChI is InChI=1S/C12H8FIN2O4S/c13-8-4-3-7-11(12(8)16(17)18)21(19,20)15-10-6-2-1-5-9(10)14/h1-7,15H. The Labute approximate surface area is 133 Å². The predicted molar refractivity (Wildman–Crippen MR) is 83.0 cm³/mol. The molecule has 0 heterocycles. The number of nitro groups is 1. The normalized spacial score (nSPS) is 11.1. The first-order valence-corrected chi connectivity index (χ1v) is 8.09. The lowest BCUT2D eigenvalue weighted by molar-refractivity contribution is -0.390. The van der Waals surface area contributed by atoms with Gasteiger partial charge in [0.1, 0.15) is 0 Å². The van der Waals surface area contributed by atoms with E-state index in [1.807, 2.05) is 22.6 Å². The molecule has 0 amide bonds. The maximum atomic E-state index is 13.5. The summed E-state index contributed by atoms with van der Waals surface area (Å²) in [6.07, 6.45) is 0. The first kappa shape index (κ1) is 15.6. The van der Waals surface area contributed by atoms with Crippen LogP contribution in [0.3, 0.4) is 0 Å². The van der Waals surface area contributed by atoms with E-state index < -0.39 is 31.3 Å². The average molecular weight is 422 g/mol. The van der Waals surface area contributed by atoms with Crippen LogP contribution in [0.25, 0.3) is 0 Å². The number of nitro benzene ring substituents is 1. The van der Waals surface area contributed by atoms with Crippen LogP contribution in [0.15, 0.2) is 47.4 Å². The first-order valence-electron chi connectivity index (χ1n) is 5.53. The van der Waals surface area contributed by atoms with E-state index in [0.29, 0.717) is 3.57 Å².